The van der Waals surface area contributed by atoms with Gasteiger partial charge in [-0.05, 0) is 57.7 Å². The molecule has 0 amide bonds. The highest BCUT2D eigenvalue weighted by molar-refractivity contribution is 5.72. The second-order valence-electron chi connectivity index (χ2n) is 9.44. The summed E-state index contributed by atoms with van der Waals surface area (Å²) < 4.78 is 5.63. The molecule has 0 aliphatic rings. The minimum atomic E-state index is -0.0261. The van der Waals surface area contributed by atoms with Crippen LogP contribution in [0.3, 0.4) is 0 Å². The van der Waals surface area contributed by atoms with E-state index in [0.717, 1.165) is 16.7 Å². The molecule has 2 aromatic rings. The van der Waals surface area contributed by atoms with E-state index in [1.54, 1.807) is 6.20 Å². The van der Waals surface area contributed by atoms with Crippen molar-refractivity contribution >= 4 is 0 Å². The highest BCUT2D eigenvalue weighted by atomic mass is 16.5. The Morgan fingerprint density at radius 2 is 1.71 bits per heavy atom. The SMILES string of the molecule is C.CC(C)Oc1ccc(-c2cc(C(C)(C)C)cc(CNC(C)(C)C)c2O)cn1. The minimum Gasteiger partial charge on any atom is -0.507 e. The van der Waals surface area contributed by atoms with E-state index >= 15 is 0 Å². The maximum atomic E-state index is 10.9. The number of rotatable bonds is 5. The van der Waals surface area contributed by atoms with Gasteiger partial charge in [0.2, 0.25) is 5.88 Å². The first-order valence-electron chi connectivity index (χ1n) is 9.61. The molecule has 0 radical (unpaired) electrons. The van der Waals surface area contributed by atoms with Crippen molar-refractivity contribution in [1.82, 2.24) is 10.3 Å². The van der Waals surface area contributed by atoms with Crippen LogP contribution >= 0.6 is 0 Å². The number of hydrogen-bond acceptors (Lipinski definition) is 4. The summed E-state index contributed by atoms with van der Waals surface area (Å²) in [7, 11) is 0. The van der Waals surface area contributed by atoms with Gasteiger partial charge in [0.25, 0.3) is 0 Å². The molecule has 0 unspecified atom stereocenters. The Bertz CT molecular complexity index is 767. The summed E-state index contributed by atoms with van der Waals surface area (Å²) in [6.45, 7) is 17.5. The van der Waals surface area contributed by atoms with Crippen molar-refractivity contribution in [1.29, 1.82) is 0 Å². The molecule has 0 atom stereocenters. The number of nitrogens with one attached hydrogen (secondary N) is 1. The zero-order chi connectivity index (χ0) is 20.4. The van der Waals surface area contributed by atoms with Crippen LogP contribution in [0.1, 0.15) is 73.9 Å². The van der Waals surface area contributed by atoms with Crippen LogP contribution in [0, 0.1) is 0 Å². The number of benzene rings is 1. The molecule has 2 N–H and O–H groups in total. The van der Waals surface area contributed by atoms with Gasteiger partial charge in [-0.25, -0.2) is 4.98 Å². The van der Waals surface area contributed by atoms with Crippen LogP contribution in [0.2, 0.25) is 0 Å². The Kier molecular flexibility index (Phi) is 7.66. The van der Waals surface area contributed by atoms with Gasteiger partial charge in [0.1, 0.15) is 5.75 Å². The number of phenolic OH excluding ortho intramolecular Hbond substituents is 1. The molecule has 0 fully saturated rings. The summed E-state index contributed by atoms with van der Waals surface area (Å²) in [6, 6.07) is 7.97. The van der Waals surface area contributed by atoms with Crippen molar-refractivity contribution in [3.63, 3.8) is 0 Å². The summed E-state index contributed by atoms with van der Waals surface area (Å²) in [5.41, 5.74) is 3.72. The predicted octanol–water partition coefficient (Wildman–Crippen LogP) is 6.06. The maximum Gasteiger partial charge on any atom is 0.213 e. The van der Waals surface area contributed by atoms with Crippen LogP contribution in [0.15, 0.2) is 30.5 Å². The highest BCUT2D eigenvalue weighted by Crippen LogP contribution is 2.37. The first kappa shape index (κ1) is 24.0. The standard InChI is InChI=1S/C23H34N2O2.CH4/c1-15(2)27-20-10-9-16(13-24-20)19-12-18(22(3,4)5)11-17(21(19)26)14-25-23(6,7)8;/h9-13,15,25-26H,14H2,1-8H3;1H4. The molecule has 156 valence electrons. The van der Waals surface area contributed by atoms with Crippen molar-refractivity contribution in [3.8, 4) is 22.8 Å². The number of ether oxygens (including phenoxy) is 1. The smallest absolute Gasteiger partial charge is 0.213 e. The second kappa shape index (κ2) is 8.95. The Hall–Kier alpha value is -2.07. The lowest BCUT2D eigenvalue weighted by molar-refractivity contribution is 0.232. The quantitative estimate of drug-likeness (QED) is 0.655. The molecule has 0 aliphatic carbocycles. The Balaban J connectivity index is 0.00000392. The van der Waals surface area contributed by atoms with Gasteiger partial charge in [0.05, 0.1) is 6.10 Å². The molecular formula is C24H38N2O2. The molecule has 0 bridgehead atoms. The zero-order valence-electron chi connectivity index (χ0n) is 18.0. The predicted molar refractivity (Wildman–Crippen MR) is 119 cm³/mol. The number of phenols is 1. The van der Waals surface area contributed by atoms with E-state index in [-0.39, 0.29) is 24.5 Å². The summed E-state index contributed by atoms with van der Waals surface area (Å²) in [5, 5.41) is 14.4. The lowest BCUT2D eigenvalue weighted by Gasteiger charge is -2.25. The molecule has 4 nitrogen and oxygen atoms in total. The van der Waals surface area contributed by atoms with Gasteiger partial charge < -0.3 is 15.2 Å². The van der Waals surface area contributed by atoms with E-state index in [1.807, 2.05) is 26.0 Å². The third-order valence-electron chi connectivity index (χ3n) is 4.27. The molecule has 28 heavy (non-hydrogen) atoms. The maximum absolute atomic E-state index is 10.9. The van der Waals surface area contributed by atoms with Gasteiger partial charge in [-0.3, -0.25) is 0 Å². The van der Waals surface area contributed by atoms with Crippen molar-refractivity contribution in [3.05, 3.63) is 41.6 Å². The Morgan fingerprint density at radius 3 is 2.18 bits per heavy atom. The summed E-state index contributed by atoms with van der Waals surface area (Å²) in [5.74, 6) is 0.897. The topological polar surface area (TPSA) is 54.4 Å². The molecule has 4 heteroatoms. The van der Waals surface area contributed by atoms with Crippen molar-refractivity contribution in [2.24, 2.45) is 0 Å². The van der Waals surface area contributed by atoms with E-state index in [1.165, 1.54) is 5.56 Å². The van der Waals surface area contributed by atoms with Gasteiger partial charge in [0.15, 0.2) is 0 Å². The van der Waals surface area contributed by atoms with Crippen LogP contribution in [0.5, 0.6) is 11.6 Å². The highest BCUT2D eigenvalue weighted by Gasteiger charge is 2.20. The average Bonchev–Trinajstić information content (AvgIpc) is 2.52. The van der Waals surface area contributed by atoms with Crippen LogP contribution in [0.4, 0.5) is 0 Å². The Labute approximate surface area is 171 Å². The molecule has 1 aromatic carbocycles. The first-order chi connectivity index (χ1) is 12.4. The average molecular weight is 387 g/mol. The summed E-state index contributed by atoms with van der Waals surface area (Å²) >= 11 is 0. The summed E-state index contributed by atoms with van der Waals surface area (Å²) in [6.07, 6.45) is 1.84. The third kappa shape index (κ3) is 6.52. The molecule has 1 aromatic heterocycles. The number of aromatic hydroxyl groups is 1. The number of nitrogens with zero attached hydrogens (tertiary/aromatic N) is 1. The second-order valence-corrected chi connectivity index (χ2v) is 9.44. The Morgan fingerprint density at radius 1 is 1.07 bits per heavy atom. The summed E-state index contributed by atoms with van der Waals surface area (Å²) in [4.78, 5) is 4.39. The van der Waals surface area contributed by atoms with Crippen molar-refractivity contribution in [2.75, 3.05) is 0 Å². The van der Waals surface area contributed by atoms with Crippen molar-refractivity contribution in [2.45, 2.75) is 86.4 Å². The van der Waals surface area contributed by atoms with Gasteiger partial charge in [0, 0.05) is 41.0 Å². The first-order valence-corrected chi connectivity index (χ1v) is 9.61. The molecular weight excluding hydrogens is 348 g/mol. The lowest BCUT2D eigenvalue weighted by atomic mass is 9.83. The van der Waals surface area contributed by atoms with Gasteiger partial charge >= 0.3 is 0 Å². The van der Waals surface area contributed by atoms with Gasteiger partial charge in [-0.2, -0.15) is 0 Å². The molecule has 0 saturated heterocycles. The largest absolute Gasteiger partial charge is 0.507 e. The third-order valence-corrected chi connectivity index (χ3v) is 4.27. The zero-order valence-corrected chi connectivity index (χ0v) is 18.0. The lowest BCUT2D eigenvalue weighted by Crippen LogP contribution is -2.35. The number of pyridine rings is 1. The van der Waals surface area contributed by atoms with Gasteiger partial charge in [-0.15, -0.1) is 0 Å². The minimum absolute atomic E-state index is 0. The van der Waals surface area contributed by atoms with Crippen LogP contribution < -0.4 is 10.1 Å². The molecule has 2 rings (SSSR count). The fourth-order valence-corrected chi connectivity index (χ4v) is 2.69. The van der Waals surface area contributed by atoms with Gasteiger partial charge in [-0.1, -0.05) is 34.3 Å². The van der Waals surface area contributed by atoms with Crippen LogP contribution in [0.25, 0.3) is 11.1 Å². The van der Waals surface area contributed by atoms with E-state index < -0.39 is 0 Å². The van der Waals surface area contributed by atoms with Crippen LogP contribution in [-0.4, -0.2) is 21.7 Å². The molecule has 1 heterocycles. The molecule has 0 aliphatic heterocycles. The van der Waals surface area contributed by atoms with Crippen molar-refractivity contribution < 1.29 is 9.84 Å². The van der Waals surface area contributed by atoms with E-state index in [4.69, 9.17) is 4.74 Å². The number of aromatic nitrogens is 1. The van der Waals surface area contributed by atoms with E-state index in [0.29, 0.717) is 18.2 Å². The molecule has 0 spiro atoms. The van der Waals surface area contributed by atoms with E-state index in [2.05, 4.69) is 64.0 Å². The monoisotopic (exact) mass is 386 g/mol. The normalized spacial score (nSPS) is 12.0. The van der Waals surface area contributed by atoms with Crippen LogP contribution in [-0.2, 0) is 12.0 Å². The fraction of sp³-hybridized carbons (Fsp3) is 0.542. The molecule has 0 saturated carbocycles. The fourth-order valence-electron chi connectivity index (χ4n) is 2.69. The van der Waals surface area contributed by atoms with E-state index in [9.17, 15) is 5.11 Å². The number of hydrogen-bond donors (Lipinski definition) is 2.